The molecule has 4 heteroatoms. The molecule has 3 rings (SSSR count). The van der Waals surface area contributed by atoms with Crippen LogP contribution in [0.3, 0.4) is 0 Å². The molecule has 0 spiro atoms. The first-order valence-electron chi connectivity index (χ1n) is 7.88. The molecule has 1 fully saturated rings. The molecule has 2 N–H and O–H groups in total. The Kier molecular flexibility index (Phi) is 4.55. The minimum absolute atomic E-state index is 0.433. The van der Waals surface area contributed by atoms with Crippen molar-refractivity contribution in [3.05, 3.63) is 36.2 Å². The molecular formula is C17H23N3O. The van der Waals surface area contributed by atoms with Crippen LogP contribution < -0.4 is 10.1 Å². The van der Waals surface area contributed by atoms with Gasteiger partial charge in [-0.3, -0.25) is 0 Å². The van der Waals surface area contributed by atoms with Gasteiger partial charge in [0.25, 0.3) is 0 Å². The van der Waals surface area contributed by atoms with E-state index in [0.717, 1.165) is 43.1 Å². The Labute approximate surface area is 125 Å². The van der Waals surface area contributed by atoms with Gasteiger partial charge in [-0.25, -0.2) is 4.98 Å². The van der Waals surface area contributed by atoms with E-state index in [-0.39, 0.29) is 0 Å². The molecule has 0 saturated carbocycles. The van der Waals surface area contributed by atoms with Crippen LogP contribution in [0.4, 0.5) is 0 Å². The summed E-state index contributed by atoms with van der Waals surface area (Å²) in [5.74, 6) is 1.86. The number of nitrogens with zero attached hydrogens (tertiary/aromatic N) is 1. The van der Waals surface area contributed by atoms with Gasteiger partial charge in [0.05, 0.1) is 18.5 Å². The third kappa shape index (κ3) is 3.45. The Balaban J connectivity index is 1.66. The maximum atomic E-state index is 5.68. The van der Waals surface area contributed by atoms with Crippen molar-refractivity contribution in [1.82, 2.24) is 15.3 Å². The van der Waals surface area contributed by atoms with E-state index < -0.39 is 0 Å². The van der Waals surface area contributed by atoms with E-state index >= 15 is 0 Å². The number of benzene rings is 1. The molecule has 1 aliphatic rings. The highest BCUT2D eigenvalue weighted by Crippen LogP contribution is 2.25. The first-order chi connectivity index (χ1) is 10.4. The highest BCUT2D eigenvalue weighted by Gasteiger charge is 2.18. The average molecular weight is 285 g/mol. The van der Waals surface area contributed by atoms with Crippen molar-refractivity contribution in [3.8, 4) is 17.1 Å². The Hall–Kier alpha value is -1.81. The zero-order valence-corrected chi connectivity index (χ0v) is 12.6. The summed E-state index contributed by atoms with van der Waals surface area (Å²) < 4.78 is 5.68. The minimum atomic E-state index is 0.433. The van der Waals surface area contributed by atoms with Crippen molar-refractivity contribution in [2.75, 3.05) is 13.2 Å². The second kappa shape index (κ2) is 6.76. The van der Waals surface area contributed by atoms with Gasteiger partial charge in [-0.1, -0.05) is 13.3 Å². The molecule has 0 radical (unpaired) electrons. The highest BCUT2D eigenvalue weighted by molar-refractivity contribution is 5.56. The fourth-order valence-electron chi connectivity index (χ4n) is 2.65. The van der Waals surface area contributed by atoms with E-state index in [2.05, 4.69) is 34.3 Å². The van der Waals surface area contributed by atoms with E-state index in [9.17, 15) is 0 Å². The number of aromatic nitrogens is 2. The molecule has 0 amide bonds. The summed E-state index contributed by atoms with van der Waals surface area (Å²) in [6.45, 7) is 4.05. The molecule has 1 aliphatic heterocycles. The first-order valence-corrected chi connectivity index (χ1v) is 7.88. The summed E-state index contributed by atoms with van der Waals surface area (Å²) in [7, 11) is 0. The second-order valence-corrected chi connectivity index (χ2v) is 5.56. The summed E-state index contributed by atoms with van der Waals surface area (Å²) in [4.78, 5) is 7.93. The Morgan fingerprint density at radius 1 is 1.29 bits per heavy atom. The van der Waals surface area contributed by atoms with Crippen molar-refractivity contribution in [3.63, 3.8) is 0 Å². The molecular weight excluding hydrogens is 262 g/mol. The van der Waals surface area contributed by atoms with E-state index in [1.54, 1.807) is 0 Å². The molecule has 1 atom stereocenters. The molecule has 2 aromatic rings. The number of hydrogen-bond donors (Lipinski definition) is 2. The number of nitrogens with one attached hydrogen (secondary N) is 2. The summed E-state index contributed by atoms with van der Waals surface area (Å²) >= 11 is 0. The van der Waals surface area contributed by atoms with Crippen LogP contribution in [0, 0.1) is 0 Å². The molecule has 21 heavy (non-hydrogen) atoms. The van der Waals surface area contributed by atoms with Crippen LogP contribution in [0.2, 0.25) is 0 Å². The third-order valence-electron chi connectivity index (χ3n) is 3.93. The van der Waals surface area contributed by atoms with Gasteiger partial charge in [0.15, 0.2) is 0 Å². The summed E-state index contributed by atoms with van der Waals surface area (Å²) in [6.07, 6.45) is 6.62. The number of aromatic amines is 1. The lowest BCUT2D eigenvalue weighted by Gasteiger charge is -2.07. The predicted molar refractivity (Wildman–Crippen MR) is 84.4 cm³/mol. The summed E-state index contributed by atoms with van der Waals surface area (Å²) in [5.41, 5.74) is 2.29. The first kappa shape index (κ1) is 14.1. The maximum Gasteiger partial charge on any atom is 0.137 e. The number of ether oxygens (including phenoxy) is 1. The Morgan fingerprint density at radius 3 is 2.86 bits per heavy atom. The molecule has 1 unspecified atom stereocenters. The van der Waals surface area contributed by atoms with Crippen molar-refractivity contribution < 1.29 is 4.74 Å². The fourth-order valence-corrected chi connectivity index (χ4v) is 2.65. The van der Waals surface area contributed by atoms with E-state index in [1.807, 2.05) is 18.3 Å². The fraction of sp³-hybridized carbons (Fsp3) is 0.471. The van der Waals surface area contributed by atoms with E-state index in [4.69, 9.17) is 4.74 Å². The van der Waals surface area contributed by atoms with Crippen LogP contribution in [-0.4, -0.2) is 23.1 Å². The lowest BCUT2D eigenvalue weighted by atomic mass is 10.2. The SMILES string of the molecule is CCCCOc1ccc(-c2ncc(C3CCCN3)[nH]2)cc1. The van der Waals surface area contributed by atoms with E-state index in [0.29, 0.717) is 6.04 Å². The summed E-state index contributed by atoms with van der Waals surface area (Å²) in [6, 6.07) is 8.59. The van der Waals surface area contributed by atoms with Gasteiger partial charge in [0, 0.05) is 11.6 Å². The predicted octanol–water partition coefficient (Wildman–Crippen LogP) is 3.68. The second-order valence-electron chi connectivity index (χ2n) is 5.56. The molecule has 2 heterocycles. The zero-order chi connectivity index (χ0) is 14.5. The van der Waals surface area contributed by atoms with Gasteiger partial charge < -0.3 is 15.0 Å². The highest BCUT2D eigenvalue weighted by atomic mass is 16.5. The van der Waals surface area contributed by atoms with E-state index in [1.165, 1.54) is 18.5 Å². The van der Waals surface area contributed by atoms with Crippen LogP contribution in [0.15, 0.2) is 30.5 Å². The van der Waals surface area contributed by atoms with Crippen molar-refractivity contribution >= 4 is 0 Å². The van der Waals surface area contributed by atoms with Crippen LogP contribution >= 0.6 is 0 Å². The minimum Gasteiger partial charge on any atom is -0.494 e. The number of rotatable bonds is 6. The monoisotopic (exact) mass is 285 g/mol. The number of hydrogen-bond acceptors (Lipinski definition) is 3. The van der Waals surface area contributed by atoms with Crippen LogP contribution in [-0.2, 0) is 0 Å². The Bertz CT molecular complexity index is 556. The van der Waals surface area contributed by atoms with Gasteiger partial charge in [-0.15, -0.1) is 0 Å². The molecule has 112 valence electrons. The number of imidazole rings is 1. The largest absolute Gasteiger partial charge is 0.494 e. The van der Waals surface area contributed by atoms with Crippen LogP contribution in [0.5, 0.6) is 5.75 Å². The van der Waals surface area contributed by atoms with Gasteiger partial charge in [0.1, 0.15) is 11.6 Å². The number of unbranched alkanes of at least 4 members (excludes halogenated alkanes) is 1. The normalized spacial score (nSPS) is 18.0. The van der Waals surface area contributed by atoms with Gasteiger partial charge in [0.2, 0.25) is 0 Å². The van der Waals surface area contributed by atoms with Crippen molar-refractivity contribution in [2.45, 2.75) is 38.6 Å². The Morgan fingerprint density at radius 2 is 2.14 bits per heavy atom. The summed E-state index contributed by atoms with van der Waals surface area (Å²) in [5, 5.41) is 3.48. The zero-order valence-electron chi connectivity index (χ0n) is 12.6. The molecule has 0 aliphatic carbocycles. The van der Waals surface area contributed by atoms with Gasteiger partial charge in [-0.2, -0.15) is 0 Å². The topological polar surface area (TPSA) is 49.9 Å². The number of H-pyrrole nitrogens is 1. The van der Waals surface area contributed by atoms with Crippen molar-refractivity contribution in [2.24, 2.45) is 0 Å². The molecule has 1 aromatic carbocycles. The molecule has 0 bridgehead atoms. The van der Waals surface area contributed by atoms with Crippen LogP contribution in [0.25, 0.3) is 11.4 Å². The average Bonchev–Trinajstić information content (AvgIpc) is 3.19. The lowest BCUT2D eigenvalue weighted by molar-refractivity contribution is 0.309. The maximum absolute atomic E-state index is 5.68. The standard InChI is InChI=1S/C17H23N3O/c1-2-3-11-21-14-8-6-13(7-9-14)17-19-12-16(20-17)15-5-4-10-18-15/h6-9,12,15,18H,2-5,10-11H2,1H3,(H,19,20). The third-order valence-corrected chi connectivity index (χ3v) is 3.93. The van der Waals surface area contributed by atoms with Gasteiger partial charge >= 0.3 is 0 Å². The molecule has 1 saturated heterocycles. The smallest absolute Gasteiger partial charge is 0.137 e. The quantitative estimate of drug-likeness (QED) is 0.796. The molecule has 4 nitrogen and oxygen atoms in total. The van der Waals surface area contributed by atoms with Gasteiger partial charge in [-0.05, 0) is 50.1 Å². The van der Waals surface area contributed by atoms with Crippen molar-refractivity contribution in [1.29, 1.82) is 0 Å². The molecule has 1 aromatic heterocycles. The van der Waals surface area contributed by atoms with Crippen LogP contribution in [0.1, 0.15) is 44.3 Å². The lowest BCUT2D eigenvalue weighted by Crippen LogP contribution is -2.12.